The van der Waals surface area contributed by atoms with Crippen molar-refractivity contribution < 1.29 is 24.2 Å². The number of ether oxygens (including phenoxy) is 2. The predicted octanol–water partition coefficient (Wildman–Crippen LogP) is 8.26. The highest BCUT2D eigenvalue weighted by Crippen LogP contribution is 2.42. The summed E-state index contributed by atoms with van der Waals surface area (Å²) in [6.07, 6.45) is 6.38. The second-order valence-corrected chi connectivity index (χ2v) is 16.4. The van der Waals surface area contributed by atoms with Gasteiger partial charge in [0.15, 0.2) is 6.29 Å². The minimum atomic E-state index is -0.617. The molecule has 0 bridgehead atoms. The quantitative estimate of drug-likeness (QED) is 0.152. The maximum Gasteiger partial charge on any atom is 0.251 e. The Morgan fingerprint density at radius 1 is 0.778 bits per heavy atom. The SMILES string of the molecule is CC(C)(C)NC(=O)[C@H]1CC[C@H]2CCCC[C@H]2N1C[C@@H]1C[C@H](c2ccc(CO)cc2)O[C@H](c2cccc(-c3cccc(CNC(=O)c4ccccc4)c3)c2)O1. The standard InChI is InChI=1S/C46H55N3O5/c1-46(2,3)48-44(52)41-24-23-33-12-7-8-18-40(33)49(41)29-39-27-42(34-21-19-31(30-50)20-22-34)54-45(53-39)38-17-10-16-37(26-38)36-15-9-11-32(25-36)28-47-43(51)35-13-5-4-6-14-35/h4-6,9-11,13-17,19-22,25-26,33,39-42,45,50H,7-8,12,18,23-24,27-30H2,1-3H3,(H,47,51)(H,48,52)/t33-,39+,40-,41-,42-,45-/m1/s1. The molecule has 2 heterocycles. The number of likely N-dealkylation sites (tertiary alicyclic amines) is 1. The third-order valence-electron chi connectivity index (χ3n) is 11.2. The van der Waals surface area contributed by atoms with E-state index >= 15 is 0 Å². The van der Waals surface area contributed by atoms with Crippen molar-refractivity contribution in [3.63, 3.8) is 0 Å². The number of nitrogens with one attached hydrogen (secondary N) is 2. The van der Waals surface area contributed by atoms with Crippen molar-refractivity contribution in [3.8, 4) is 11.1 Å². The molecule has 2 aliphatic heterocycles. The molecule has 0 radical (unpaired) electrons. The minimum absolute atomic E-state index is 0.0108. The number of hydrogen-bond acceptors (Lipinski definition) is 6. The third-order valence-corrected chi connectivity index (χ3v) is 11.2. The highest BCUT2D eigenvalue weighted by molar-refractivity contribution is 5.94. The Labute approximate surface area is 320 Å². The van der Waals surface area contributed by atoms with Gasteiger partial charge in [-0.3, -0.25) is 14.5 Å². The number of aliphatic hydroxyl groups excluding tert-OH is 1. The molecule has 8 heteroatoms. The van der Waals surface area contributed by atoms with Gasteiger partial charge in [0.1, 0.15) is 0 Å². The minimum Gasteiger partial charge on any atom is -0.392 e. The van der Waals surface area contributed by atoms with E-state index in [1.165, 1.54) is 19.3 Å². The van der Waals surface area contributed by atoms with Crippen LogP contribution in [0.25, 0.3) is 11.1 Å². The Balaban J connectivity index is 1.14. The molecule has 54 heavy (non-hydrogen) atoms. The van der Waals surface area contributed by atoms with Crippen molar-refractivity contribution in [3.05, 3.63) is 131 Å². The van der Waals surface area contributed by atoms with Crippen LogP contribution < -0.4 is 10.6 Å². The molecule has 7 rings (SSSR count). The zero-order valence-electron chi connectivity index (χ0n) is 31.9. The van der Waals surface area contributed by atoms with E-state index in [1.54, 1.807) is 0 Å². The van der Waals surface area contributed by atoms with E-state index < -0.39 is 6.29 Å². The van der Waals surface area contributed by atoms with E-state index in [0.29, 0.717) is 37.0 Å². The van der Waals surface area contributed by atoms with Gasteiger partial charge in [-0.1, -0.05) is 91.7 Å². The van der Waals surface area contributed by atoms with Gasteiger partial charge >= 0.3 is 0 Å². The van der Waals surface area contributed by atoms with Gasteiger partial charge < -0.3 is 25.2 Å². The molecular weight excluding hydrogens is 675 g/mol. The van der Waals surface area contributed by atoms with Crippen LogP contribution in [0.1, 0.15) is 111 Å². The summed E-state index contributed by atoms with van der Waals surface area (Å²) < 4.78 is 13.7. The maximum absolute atomic E-state index is 13.8. The van der Waals surface area contributed by atoms with E-state index in [2.05, 4.69) is 66.6 Å². The molecule has 0 unspecified atom stereocenters. The number of hydrogen-bond donors (Lipinski definition) is 3. The van der Waals surface area contributed by atoms with E-state index in [1.807, 2.05) is 72.8 Å². The Bertz CT molecular complexity index is 1870. The van der Waals surface area contributed by atoms with Crippen molar-refractivity contribution in [2.24, 2.45) is 5.92 Å². The van der Waals surface area contributed by atoms with Gasteiger partial charge in [0.25, 0.3) is 5.91 Å². The number of fused-ring (bicyclic) bond motifs is 1. The molecule has 1 aliphatic carbocycles. The molecule has 4 aromatic rings. The number of nitrogens with zero attached hydrogens (tertiary/aromatic N) is 1. The van der Waals surface area contributed by atoms with Crippen LogP contribution in [0.3, 0.4) is 0 Å². The third kappa shape index (κ3) is 9.29. The first-order valence-electron chi connectivity index (χ1n) is 19.7. The molecule has 2 saturated heterocycles. The molecular formula is C46H55N3O5. The second kappa shape index (κ2) is 17.0. The van der Waals surface area contributed by atoms with E-state index in [0.717, 1.165) is 52.6 Å². The fraction of sp³-hybridized carbons (Fsp3) is 0.435. The first-order chi connectivity index (χ1) is 26.1. The Hall–Kier alpha value is -4.34. The van der Waals surface area contributed by atoms with Crippen LogP contribution in [0, 0.1) is 5.92 Å². The fourth-order valence-corrected chi connectivity index (χ4v) is 8.60. The number of carbonyl (C=O) groups excluding carboxylic acids is 2. The molecule has 3 aliphatic rings. The van der Waals surface area contributed by atoms with Gasteiger partial charge in [-0.15, -0.1) is 0 Å². The average molecular weight is 730 g/mol. The summed E-state index contributed by atoms with van der Waals surface area (Å²) in [4.78, 5) is 29.0. The molecule has 0 spiro atoms. The predicted molar refractivity (Wildman–Crippen MR) is 211 cm³/mol. The molecule has 4 aromatic carbocycles. The largest absolute Gasteiger partial charge is 0.392 e. The highest BCUT2D eigenvalue weighted by Gasteiger charge is 2.44. The summed E-state index contributed by atoms with van der Waals surface area (Å²) >= 11 is 0. The molecule has 6 atom stereocenters. The van der Waals surface area contributed by atoms with Crippen LogP contribution in [0.2, 0.25) is 0 Å². The van der Waals surface area contributed by atoms with Gasteiger partial charge in [0, 0.05) is 42.2 Å². The molecule has 3 N–H and O–H groups in total. The topological polar surface area (TPSA) is 100 Å². The lowest BCUT2D eigenvalue weighted by Crippen LogP contribution is -2.61. The van der Waals surface area contributed by atoms with Crippen LogP contribution in [0.5, 0.6) is 0 Å². The van der Waals surface area contributed by atoms with E-state index in [4.69, 9.17) is 9.47 Å². The zero-order valence-corrected chi connectivity index (χ0v) is 31.9. The van der Waals surface area contributed by atoms with Gasteiger partial charge in [-0.05, 0) is 104 Å². The monoisotopic (exact) mass is 729 g/mol. The maximum atomic E-state index is 13.8. The molecule has 8 nitrogen and oxygen atoms in total. The Kier molecular flexibility index (Phi) is 11.9. The smallest absolute Gasteiger partial charge is 0.251 e. The summed E-state index contributed by atoms with van der Waals surface area (Å²) in [5.41, 5.74) is 6.23. The summed E-state index contributed by atoms with van der Waals surface area (Å²) in [6, 6.07) is 34.0. The summed E-state index contributed by atoms with van der Waals surface area (Å²) in [6.45, 7) is 7.22. The molecule has 3 fully saturated rings. The van der Waals surface area contributed by atoms with Crippen molar-refractivity contribution in [2.45, 2.75) is 115 Å². The fourth-order valence-electron chi connectivity index (χ4n) is 8.60. The molecule has 2 amide bonds. The van der Waals surface area contributed by atoms with Gasteiger partial charge in [0.2, 0.25) is 5.91 Å². The van der Waals surface area contributed by atoms with Crippen molar-refractivity contribution >= 4 is 11.8 Å². The number of benzene rings is 4. The molecule has 0 aromatic heterocycles. The second-order valence-electron chi connectivity index (χ2n) is 16.4. The van der Waals surface area contributed by atoms with Crippen LogP contribution in [-0.4, -0.2) is 52.1 Å². The molecule has 284 valence electrons. The van der Waals surface area contributed by atoms with Crippen molar-refractivity contribution in [2.75, 3.05) is 6.54 Å². The Morgan fingerprint density at radius 2 is 1.52 bits per heavy atom. The van der Waals surface area contributed by atoms with Crippen molar-refractivity contribution in [1.82, 2.24) is 15.5 Å². The lowest BCUT2D eigenvalue weighted by Gasteiger charge is -2.50. The normalized spacial score (nSPS) is 24.7. The lowest BCUT2D eigenvalue weighted by atomic mass is 9.75. The number of carbonyl (C=O) groups is 2. The highest BCUT2D eigenvalue weighted by atomic mass is 16.7. The van der Waals surface area contributed by atoms with E-state index in [9.17, 15) is 14.7 Å². The van der Waals surface area contributed by atoms with Crippen LogP contribution in [0.4, 0.5) is 0 Å². The van der Waals surface area contributed by atoms with Crippen molar-refractivity contribution in [1.29, 1.82) is 0 Å². The first kappa shape index (κ1) is 38.0. The van der Waals surface area contributed by atoms with Crippen LogP contribution >= 0.6 is 0 Å². The van der Waals surface area contributed by atoms with Crippen LogP contribution in [0.15, 0.2) is 103 Å². The van der Waals surface area contributed by atoms with Gasteiger partial charge in [-0.25, -0.2) is 0 Å². The van der Waals surface area contributed by atoms with Crippen LogP contribution in [-0.2, 0) is 27.4 Å². The number of piperidine rings is 1. The zero-order chi connectivity index (χ0) is 37.7. The number of rotatable bonds is 10. The van der Waals surface area contributed by atoms with Gasteiger partial charge in [-0.2, -0.15) is 0 Å². The number of amides is 2. The van der Waals surface area contributed by atoms with E-state index in [-0.39, 0.29) is 42.2 Å². The summed E-state index contributed by atoms with van der Waals surface area (Å²) in [5, 5.41) is 16.0. The molecule has 1 saturated carbocycles. The van der Waals surface area contributed by atoms with Gasteiger partial charge in [0.05, 0.1) is 24.9 Å². The average Bonchev–Trinajstić information content (AvgIpc) is 3.20. The lowest BCUT2D eigenvalue weighted by molar-refractivity contribution is -0.255. The first-order valence-corrected chi connectivity index (χ1v) is 19.7. The Morgan fingerprint density at radius 3 is 2.28 bits per heavy atom. The summed E-state index contributed by atoms with van der Waals surface area (Å²) in [7, 11) is 0. The summed E-state index contributed by atoms with van der Waals surface area (Å²) in [5.74, 6) is 0.615. The number of aliphatic hydroxyl groups is 1.